The third kappa shape index (κ3) is 6.83. The molecule has 64 valence electrons. The minimum atomic E-state index is -1.01. The molecule has 0 aliphatic rings. The number of aliphatic carboxylic acids is 1. The molecule has 0 saturated heterocycles. The zero-order valence-corrected chi connectivity index (χ0v) is 6.76. The number of amides is 1. The summed E-state index contributed by atoms with van der Waals surface area (Å²) < 4.78 is 0. The van der Waals surface area contributed by atoms with Gasteiger partial charge in [-0.1, -0.05) is 13.8 Å². The third-order valence-electron chi connectivity index (χ3n) is 1.03. The number of rotatable bonds is 4. The van der Waals surface area contributed by atoms with Crippen molar-refractivity contribution in [1.82, 2.24) is 5.32 Å². The molecule has 0 bridgehead atoms. The standard InChI is InChI=1S/C7H13NO3/c1-5(2)3-6(9)8-4-7(10)11/h5H,3-4H2,1-2H3,(H,8,9)(H,10,11). The highest BCUT2D eigenvalue weighted by Crippen LogP contribution is 1.97. The Morgan fingerprint density at radius 2 is 2.00 bits per heavy atom. The van der Waals surface area contributed by atoms with Gasteiger partial charge in [-0.2, -0.15) is 0 Å². The van der Waals surface area contributed by atoms with Gasteiger partial charge in [0.05, 0.1) is 0 Å². The van der Waals surface area contributed by atoms with E-state index in [0.717, 1.165) is 0 Å². The normalized spacial score (nSPS) is 9.73. The summed E-state index contributed by atoms with van der Waals surface area (Å²) in [6.07, 6.45) is 0.382. The molecule has 0 heterocycles. The molecule has 4 nitrogen and oxygen atoms in total. The smallest absolute Gasteiger partial charge is 0.322 e. The lowest BCUT2D eigenvalue weighted by atomic mass is 10.1. The minimum Gasteiger partial charge on any atom is -0.480 e. The van der Waals surface area contributed by atoms with Gasteiger partial charge in [-0.3, -0.25) is 9.59 Å². The van der Waals surface area contributed by atoms with E-state index in [1.807, 2.05) is 13.8 Å². The van der Waals surface area contributed by atoms with Gasteiger partial charge >= 0.3 is 5.97 Å². The number of hydrogen-bond donors (Lipinski definition) is 2. The van der Waals surface area contributed by atoms with Crippen LogP contribution >= 0.6 is 0 Å². The average Bonchev–Trinajstić information content (AvgIpc) is 1.82. The highest BCUT2D eigenvalue weighted by atomic mass is 16.4. The highest BCUT2D eigenvalue weighted by molar-refractivity contribution is 5.81. The fourth-order valence-corrected chi connectivity index (χ4v) is 0.617. The van der Waals surface area contributed by atoms with E-state index >= 15 is 0 Å². The Bertz CT molecular complexity index is 154. The van der Waals surface area contributed by atoms with Gasteiger partial charge in [0.1, 0.15) is 6.54 Å². The zero-order chi connectivity index (χ0) is 8.85. The first-order chi connectivity index (χ1) is 5.02. The highest BCUT2D eigenvalue weighted by Gasteiger charge is 2.05. The molecule has 0 atom stereocenters. The Labute approximate surface area is 65.6 Å². The number of carboxylic acid groups (broad SMARTS) is 1. The second-order valence-corrected chi connectivity index (χ2v) is 2.77. The van der Waals surface area contributed by atoms with Crippen molar-refractivity contribution in [3.63, 3.8) is 0 Å². The lowest BCUT2D eigenvalue weighted by Crippen LogP contribution is -2.29. The molecule has 0 rings (SSSR count). The van der Waals surface area contributed by atoms with E-state index in [4.69, 9.17) is 5.11 Å². The van der Waals surface area contributed by atoms with E-state index in [0.29, 0.717) is 6.42 Å². The summed E-state index contributed by atoms with van der Waals surface area (Å²) in [5, 5.41) is 10.5. The Kier molecular flexibility index (Phi) is 4.26. The van der Waals surface area contributed by atoms with Crippen LogP contribution in [0.5, 0.6) is 0 Å². The van der Waals surface area contributed by atoms with Crippen LogP contribution in [0.4, 0.5) is 0 Å². The fourth-order valence-electron chi connectivity index (χ4n) is 0.617. The molecular formula is C7H13NO3. The Balaban J connectivity index is 3.45. The van der Waals surface area contributed by atoms with E-state index in [2.05, 4.69) is 5.32 Å². The molecule has 0 fully saturated rings. The summed E-state index contributed by atoms with van der Waals surface area (Å²) in [6, 6.07) is 0. The SMILES string of the molecule is CC(C)CC(=O)NCC(=O)O. The van der Waals surface area contributed by atoms with Crippen LogP contribution in [0, 0.1) is 5.92 Å². The number of carbonyl (C=O) groups excluding carboxylic acids is 1. The topological polar surface area (TPSA) is 66.4 Å². The maximum Gasteiger partial charge on any atom is 0.322 e. The van der Waals surface area contributed by atoms with Crippen LogP contribution in [-0.4, -0.2) is 23.5 Å². The quantitative estimate of drug-likeness (QED) is 0.617. The maximum atomic E-state index is 10.8. The molecule has 0 radical (unpaired) electrons. The van der Waals surface area contributed by atoms with Crippen LogP contribution in [0.3, 0.4) is 0 Å². The summed E-state index contributed by atoms with van der Waals surface area (Å²) in [5.74, 6) is -0.951. The van der Waals surface area contributed by atoms with Crippen molar-refractivity contribution in [3.05, 3.63) is 0 Å². The van der Waals surface area contributed by atoms with Gasteiger partial charge in [0.25, 0.3) is 0 Å². The molecule has 0 aliphatic carbocycles. The number of carboxylic acids is 1. The van der Waals surface area contributed by atoms with E-state index in [9.17, 15) is 9.59 Å². The van der Waals surface area contributed by atoms with Crippen LogP contribution < -0.4 is 5.32 Å². The van der Waals surface area contributed by atoms with E-state index < -0.39 is 5.97 Å². The molecule has 0 saturated carbocycles. The second kappa shape index (κ2) is 4.71. The van der Waals surface area contributed by atoms with Gasteiger partial charge in [0.15, 0.2) is 0 Å². The van der Waals surface area contributed by atoms with Gasteiger partial charge in [0, 0.05) is 6.42 Å². The molecule has 11 heavy (non-hydrogen) atoms. The van der Waals surface area contributed by atoms with E-state index in [1.165, 1.54) is 0 Å². The van der Waals surface area contributed by atoms with Crippen LogP contribution in [-0.2, 0) is 9.59 Å². The van der Waals surface area contributed by atoms with Crippen molar-refractivity contribution in [3.8, 4) is 0 Å². The van der Waals surface area contributed by atoms with Crippen LogP contribution in [0.2, 0.25) is 0 Å². The number of hydrogen-bond acceptors (Lipinski definition) is 2. The van der Waals surface area contributed by atoms with Crippen molar-refractivity contribution >= 4 is 11.9 Å². The molecule has 2 N–H and O–H groups in total. The van der Waals surface area contributed by atoms with Gasteiger partial charge in [-0.15, -0.1) is 0 Å². The summed E-state index contributed by atoms with van der Waals surface area (Å²) >= 11 is 0. The van der Waals surface area contributed by atoms with Crippen molar-refractivity contribution in [1.29, 1.82) is 0 Å². The monoisotopic (exact) mass is 159 g/mol. The molecule has 0 spiro atoms. The van der Waals surface area contributed by atoms with Gasteiger partial charge in [-0.05, 0) is 5.92 Å². The summed E-state index contributed by atoms with van der Waals surface area (Å²) in [7, 11) is 0. The summed E-state index contributed by atoms with van der Waals surface area (Å²) in [6.45, 7) is 3.52. The first kappa shape index (κ1) is 9.94. The predicted octanol–water partition coefficient (Wildman–Crippen LogP) is 0.233. The first-order valence-electron chi connectivity index (χ1n) is 3.51. The van der Waals surface area contributed by atoms with Crippen LogP contribution in [0.1, 0.15) is 20.3 Å². The molecule has 0 aromatic rings. The second-order valence-electron chi connectivity index (χ2n) is 2.77. The van der Waals surface area contributed by atoms with Crippen molar-refractivity contribution in [2.24, 2.45) is 5.92 Å². The molecule has 0 unspecified atom stereocenters. The molecule has 4 heteroatoms. The molecular weight excluding hydrogens is 146 g/mol. The maximum absolute atomic E-state index is 10.8. The van der Waals surface area contributed by atoms with Crippen LogP contribution in [0.25, 0.3) is 0 Å². The molecule has 1 amide bonds. The fraction of sp³-hybridized carbons (Fsp3) is 0.714. The summed E-state index contributed by atoms with van der Waals surface area (Å²) in [4.78, 5) is 20.8. The number of nitrogens with one attached hydrogen (secondary N) is 1. The van der Waals surface area contributed by atoms with Crippen molar-refractivity contribution in [2.75, 3.05) is 6.54 Å². The minimum absolute atomic E-state index is 0.206. The summed E-state index contributed by atoms with van der Waals surface area (Å²) in [5.41, 5.74) is 0. The zero-order valence-electron chi connectivity index (χ0n) is 6.76. The Morgan fingerprint density at radius 3 is 2.36 bits per heavy atom. The van der Waals surface area contributed by atoms with E-state index in [1.54, 1.807) is 0 Å². The van der Waals surface area contributed by atoms with Crippen molar-refractivity contribution in [2.45, 2.75) is 20.3 Å². The number of carbonyl (C=O) groups is 2. The molecule has 0 aromatic heterocycles. The molecule has 0 aliphatic heterocycles. The van der Waals surface area contributed by atoms with Gasteiger partial charge < -0.3 is 10.4 Å². The largest absolute Gasteiger partial charge is 0.480 e. The Morgan fingerprint density at radius 1 is 1.45 bits per heavy atom. The van der Waals surface area contributed by atoms with E-state index in [-0.39, 0.29) is 18.4 Å². The lowest BCUT2D eigenvalue weighted by Gasteiger charge is -2.03. The van der Waals surface area contributed by atoms with Gasteiger partial charge in [0.2, 0.25) is 5.91 Å². The first-order valence-corrected chi connectivity index (χ1v) is 3.51. The Hall–Kier alpha value is -1.06. The van der Waals surface area contributed by atoms with Crippen LogP contribution in [0.15, 0.2) is 0 Å². The molecule has 0 aromatic carbocycles. The lowest BCUT2D eigenvalue weighted by molar-refractivity contribution is -0.138. The predicted molar refractivity (Wildman–Crippen MR) is 40.1 cm³/mol. The van der Waals surface area contributed by atoms with Crippen molar-refractivity contribution < 1.29 is 14.7 Å². The average molecular weight is 159 g/mol. The van der Waals surface area contributed by atoms with Gasteiger partial charge in [-0.25, -0.2) is 0 Å². The third-order valence-corrected chi connectivity index (χ3v) is 1.03.